The van der Waals surface area contributed by atoms with Crippen LogP contribution >= 0.6 is 0 Å². The van der Waals surface area contributed by atoms with E-state index in [1.165, 1.54) is 12.1 Å². The van der Waals surface area contributed by atoms with E-state index in [1.807, 2.05) is 6.92 Å². The molecule has 1 aromatic rings. The fourth-order valence-corrected chi connectivity index (χ4v) is 2.43. The molecule has 2 heterocycles. The summed E-state index contributed by atoms with van der Waals surface area (Å²) in [6.07, 6.45) is 1.15. The molecule has 0 bridgehead atoms. The van der Waals surface area contributed by atoms with Crippen molar-refractivity contribution >= 4 is 17.3 Å². The lowest BCUT2D eigenvalue weighted by Crippen LogP contribution is -2.19. The molecule has 2 rings (SSSR count). The number of nitrogens with zero attached hydrogens (tertiary/aromatic N) is 3. The van der Waals surface area contributed by atoms with Gasteiger partial charge in [0.1, 0.15) is 11.6 Å². The molecule has 7 heteroatoms. The number of aromatic nitrogens is 1. The highest BCUT2D eigenvalue weighted by molar-refractivity contribution is 5.54. The van der Waals surface area contributed by atoms with Gasteiger partial charge in [-0.25, -0.2) is 4.98 Å². The molecule has 0 amide bonds. The largest absolute Gasteiger partial charge is 0.370 e. The molecule has 1 saturated heterocycles. The molecule has 1 unspecified atom stereocenters. The van der Waals surface area contributed by atoms with Gasteiger partial charge < -0.3 is 15.5 Å². The Bertz CT molecular complexity index is 480. The standard InChI is InChI=1S/C13H21N5O2/c1-3-14-12-6-11(18(19)20)7-13(16-12)15-8-10-4-5-17(2)9-10/h6-7,10H,3-5,8-9H2,1-2H3,(H2,14,15,16). The Labute approximate surface area is 118 Å². The van der Waals surface area contributed by atoms with Crippen LogP contribution in [0, 0.1) is 16.0 Å². The summed E-state index contributed by atoms with van der Waals surface area (Å²) in [5, 5.41) is 17.2. The first-order valence-corrected chi connectivity index (χ1v) is 6.91. The summed E-state index contributed by atoms with van der Waals surface area (Å²) in [6.45, 7) is 5.58. The van der Waals surface area contributed by atoms with Crippen LogP contribution in [0.2, 0.25) is 0 Å². The van der Waals surface area contributed by atoms with Crippen molar-refractivity contribution in [1.82, 2.24) is 9.88 Å². The van der Waals surface area contributed by atoms with Crippen molar-refractivity contribution in [2.24, 2.45) is 5.92 Å². The summed E-state index contributed by atoms with van der Waals surface area (Å²) < 4.78 is 0. The van der Waals surface area contributed by atoms with Crippen molar-refractivity contribution in [3.63, 3.8) is 0 Å². The molecule has 0 spiro atoms. The molecule has 0 radical (unpaired) electrons. The van der Waals surface area contributed by atoms with E-state index < -0.39 is 4.92 Å². The molecule has 0 aliphatic carbocycles. The van der Waals surface area contributed by atoms with Crippen LogP contribution in [0.3, 0.4) is 0 Å². The van der Waals surface area contributed by atoms with Crippen LogP contribution in [0.1, 0.15) is 13.3 Å². The first kappa shape index (κ1) is 14.5. The highest BCUT2D eigenvalue weighted by atomic mass is 16.6. The minimum absolute atomic E-state index is 0.0574. The maximum Gasteiger partial charge on any atom is 0.276 e. The van der Waals surface area contributed by atoms with E-state index >= 15 is 0 Å². The third kappa shape index (κ3) is 3.80. The number of likely N-dealkylation sites (tertiary alicyclic amines) is 1. The van der Waals surface area contributed by atoms with Gasteiger partial charge in [0, 0.05) is 19.6 Å². The molecule has 20 heavy (non-hydrogen) atoms. The minimum atomic E-state index is -0.392. The van der Waals surface area contributed by atoms with E-state index in [9.17, 15) is 10.1 Å². The average molecular weight is 279 g/mol. The number of pyridine rings is 1. The van der Waals surface area contributed by atoms with Crippen LogP contribution in [-0.4, -0.2) is 48.0 Å². The van der Waals surface area contributed by atoms with Gasteiger partial charge >= 0.3 is 0 Å². The van der Waals surface area contributed by atoms with Crippen molar-refractivity contribution in [3.05, 3.63) is 22.2 Å². The van der Waals surface area contributed by atoms with Gasteiger partial charge in [0.15, 0.2) is 0 Å². The molecular formula is C13H21N5O2. The quantitative estimate of drug-likeness (QED) is 0.610. The highest BCUT2D eigenvalue weighted by Crippen LogP contribution is 2.21. The van der Waals surface area contributed by atoms with Crippen molar-refractivity contribution in [1.29, 1.82) is 0 Å². The van der Waals surface area contributed by atoms with Gasteiger partial charge in [-0.1, -0.05) is 0 Å². The third-order valence-corrected chi connectivity index (χ3v) is 3.44. The van der Waals surface area contributed by atoms with Crippen molar-refractivity contribution in [2.75, 3.05) is 43.9 Å². The fourth-order valence-electron chi connectivity index (χ4n) is 2.43. The smallest absolute Gasteiger partial charge is 0.276 e. The molecule has 110 valence electrons. The molecule has 0 saturated carbocycles. The van der Waals surface area contributed by atoms with E-state index in [-0.39, 0.29) is 5.69 Å². The minimum Gasteiger partial charge on any atom is -0.370 e. The van der Waals surface area contributed by atoms with Crippen molar-refractivity contribution in [2.45, 2.75) is 13.3 Å². The Balaban J connectivity index is 2.03. The van der Waals surface area contributed by atoms with E-state index in [0.29, 0.717) is 24.1 Å². The van der Waals surface area contributed by atoms with Crippen LogP contribution < -0.4 is 10.6 Å². The molecule has 1 aliphatic heterocycles. The zero-order chi connectivity index (χ0) is 14.5. The Kier molecular flexibility index (Phi) is 4.73. The van der Waals surface area contributed by atoms with Gasteiger partial charge in [0.05, 0.1) is 17.1 Å². The number of rotatable bonds is 6. The molecule has 1 aliphatic rings. The Morgan fingerprint density at radius 2 is 2.15 bits per heavy atom. The lowest BCUT2D eigenvalue weighted by molar-refractivity contribution is -0.384. The normalized spacial score (nSPS) is 19.0. The topological polar surface area (TPSA) is 83.3 Å². The van der Waals surface area contributed by atoms with Crippen molar-refractivity contribution < 1.29 is 4.92 Å². The fraction of sp³-hybridized carbons (Fsp3) is 0.615. The average Bonchev–Trinajstić information content (AvgIpc) is 2.82. The summed E-state index contributed by atoms with van der Waals surface area (Å²) >= 11 is 0. The Morgan fingerprint density at radius 3 is 2.70 bits per heavy atom. The summed E-state index contributed by atoms with van der Waals surface area (Å²) in [4.78, 5) is 17.2. The van der Waals surface area contributed by atoms with Gasteiger partial charge in [-0.3, -0.25) is 10.1 Å². The number of hydrogen-bond donors (Lipinski definition) is 2. The first-order valence-electron chi connectivity index (χ1n) is 6.91. The molecule has 1 atom stereocenters. The predicted octanol–water partition coefficient (Wildman–Crippen LogP) is 1.79. The molecular weight excluding hydrogens is 258 g/mol. The van der Waals surface area contributed by atoms with Crippen molar-refractivity contribution in [3.8, 4) is 0 Å². The van der Waals surface area contributed by atoms with Crippen LogP contribution in [0.15, 0.2) is 12.1 Å². The molecule has 7 nitrogen and oxygen atoms in total. The number of nitro groups is 1. The van der Waals surface area contributed by atoms with Gasteiger partial charge in [0.2, 0.25) is 0 Å². The molecule has 2 N–H and O–H groups in total. The zero-order valence-electron chi connectivity index (χ0n) is 11.9. The Hall–Kier alpha value is -1.89. The SMILES string of the molecule is CCNc1cc([N+](=O)[O-])cc(NCC2CCN(C)C2)n1. The van der Waals surface area contributed by atoms with Crippen LogP contribution in [0.4, 0.5) is 17.3 Å². The highest BCUT2D eigenvalue weighted by Gasteiger charge is 2.19. The van der Waals surface area contributed by atoms with Crippen LogP contribution in [0.25, 0.3) is 0 Å². The summed E-state index contributed by atoms with van der Waals surface area (Å²) in [6, 6.07) is 2.94. The lowest BCUT2D eigenvalue weighted by atomic mass is 10.1. The van der Waals surface area contributed by atoms with Gasteiger partial charge in [-0.2, -0.15) is 0 Å². The molecule has 1 fully saturated rings. The summed E-state index contributed by atoms with van der Waals surface area (Å²) in [5.41, 5.74) is 0.0574. The van der Waals surface area contributed by atoms with Crippen LogP contribution in [-0.2, 0) is 0 Å². The molecule has 1 aromatic heterocycles. The third-order valence-electron chi connectivity index (χ3n) is 3.44. The van der Waals surface area contributed by atoms with Gasteiger partial charge in [-0.15, -0.1) is 0 Å². The van der Waals surface area contributed by atoms with Gasteiger partial charge in [-0.05, 0) is 32.9 Å². The summed E-state index contributed by atoms with van der Waals surface area (Å²) in [7, 11) is 2.11. The van der Waals surface area contributed by atoms with Gasteiger partial charge in [0.25, 0.3) is 5.69 Å². The second-order valence-electron chi connectivity index (χ2n) is 5.18. The van der Waals surface area contributed by atoms with E-state index in [4.69, 9.17) is 0 Å². The second-order valence-corrected chi connectivity index (χ2v) is 5.18. The maximum absolute atomic E-state index is 10.9. The lowest BCUT2D eigenvalue weighted by Gasteiger charge is -2.13. The Morgan fingerprint density at radius 1 is 1.45 bits per heavy atom. The van der Waals surface area contributed by atoms with E-state index in [2.05, 4.69) is 27.6 Å². The van der Waals surface area contributed by atoms with Crippen LogP contribution in [0.5, 0.6) is 0 Å². The summed E-state index contributed by atoms with van der Waals surface area (Å²) in [5.74, 6) is 1.67. The maximum atomic E-state index is 10.9. The van der Waals surface area contributed by atoms with E-state index in [0.717, 1.165) is 26.1 Å². The number of hydrogen-bond acceptors (Lipinski definition) is 6. The monoisotopic (exact) mass is 279 g/mol. The predicted molar refractivity (Wildman–Crippen MR) is 79.1 cm³/mol. The number of anilines is 2. The zero-order valence-corrected chi connectivity index (χ0v) is 11.9. The van der Waals surface area contributed by atoms with E-state index in [1.54, 1.807) is 0 Å². The molecule has 0 aromatic carbocycles. The first-order chi connectivity index (χ1) is 9.58. The number of nitrogens with one attached hydrogen (secondary N) is 2. The second kappa shape index (κ2) is 6.51.